The fourth-order valence-corrected chi connectivity index (χ4v) is 6.14. The second-order valence-electron chi connectivity index (χ2n) is 9.63. The van der Waals surface area contributed by atoms with E-state index in [9.17, 15) is 29.9 Å². The monoisotopic (exact) mass is 465 g/mol. The van der Waals surface area contributed by atoms with Gasteiger partial charge in [-0.05, 0) is 54.6 Å². The molecule has 1 saturated carbocycles. The van der Waals surface area contributed by atoms with E-state index in [0.29, 0.717) is 24.9 Å². The molecule has 9 heteroatoms. The summed E-state index contributed by atoms with van der Waals surface area (Å²) in [6.07, 6.45) is 1.72. The summed E-state index contributed by atoms with van der Waals surface area (Å²) in [6.45, 7) is 2.01. The average molecular weight is 465 g/mol. The van der Waals surface area contributed by atoms with Crippen LogP contribution >= 0.6 is 0 Å². The molecule has 0 unspecified atom stereocenters. The molecule has 1 aliphatic carbocycles. The number of anilines is 1. The van der Waals surface area contributed by atoms with E-state index in [1.54, 1.807) is 36.4 Å². The molecule has 5 rings (SSSR count). The van der Waals surface area contributed by atoms with E-state index in [-0.39, 0.29) is 23.0 Å². The molecular formula is C25H28BNO7. The molecule has 6 atom stereocenters. The first-order valence-electron chi connectivity index (χ1n) is 11.8. The number of phenolic OH excluding ortho intramolecular Hbond substituents is 1. The van der Waals surface area contributed by atoms with Gasteiger partial charge in [-0.1, -0.05) is 37.6 Å². The molecule has 2 aromatic carbocycles. The average Bonchev–Trinajstić information content (AvgIpc) is 3.29. The maximum Gasteiger partial charge on any atom is 0.488 e. The largest absolute Gasteiger partial charge is 0.508 e. The molecule has 0 radical (unpaired) electrons. The zero-order valence-electron chi connectivity index (χ0n) is 18.9. The molecule has 3 fully saturated rings. The summed E-state index contributed by atoms with van der Waals surface area (Å²) in [5, 5.41) is 40.5. The van der Waals surface area contributed by atoms with Gasteiger partial charge in [-0.2, -0.15) is 0 Å². The van der Waals surface area contributed by atoms with Gasteiger partial charge in [0.25, 0.3) is 0 Å². The van der Waals surface area contributed by atoms with Crippen LogP contribution in [0.4, 0.5) is 5.69 Å². The number of aliphatic hydroxyl groups is 1. The first kappa shape index (κ1) is 23.0. The molecule has 4 N–H and O–H groups in total. The topological polar surface area (TPSA) is 128 Å². The normalized spacial score (nSPS) is 32.6. The molecule has 3 aliphatic rings. The summed E-state index contributed by atoms with van der Waals surface area (Å²) < 4.78 is 6.25. The van der Waals surface area contributed by atoms with Crippen molar-refractivity contribution in [2.75, 3.05) is 4.90 Å². The number of imide groups is 1. The third kappa shape index (κ3) is 3.55. The fraction of sp³-hybridized carbons (Fsp3) is 0.440. The molecule has 34 heavy (non-hydrogen) atoms. The Labute approximate surface area is 197 Å². The van der Waals surface area contributed by atoms with Crippen molar-refractivity contribution in [3.8, 4) is 5.75 Å². The van der Waals surface area contributed by atoms with Crippen LogP contribution in [0.15, 0.2) is 48.5 Å². The van der Waals surface area contributed by atoms with Crippen LogP contribution in [0.25, 0.3) is 0 Å². The Bertz CT molecular complexity index is 1110. The van der Waals surface area contributed by atoms with Gasteiger partial charge in [-0.15, -0.1) is 0 Å². The molecule has 2 saturated heterocycles. The molecule has 0 aromatic heterocycles. The van der Waals surface area contributed by atoms with Crippen molar-refractivity contribution in [3.63, 3.8) is 0 Å². The predicted molar refractivity (Wildman–Crippen MR) is 124 cm³/mol. The zero-order chi connectivity index (χ0) is 24.2. The molecule has 2 aliphatic heterocycles. The Morgan fingerprint density at radius 1 is 1.09 bits per heavy atom. The Kier molecular flexibility index (Phi) is 5.76. The van der Waals surface area contributed by atoms with Crippen LogP contribution in [0.2, 0.25) is 0 Å². The minimum absolute atomic E-state index is 0.129. The summed E-state index contributed by atoms with van der Waals surface area (Å²) in [6, 6.07) is 12.7. The van der Waals surface area contributed by atoms with Crippen LogP contribution in [0.3, 0.4) is 0 Å². The predicted octanol–water partition coefficient (Wildman–Crippen LogP) is 1.46. The second kappa shape index (κ2) is 8.50. The number of benzene rings is 2. The smallest absolute Gasteiger partial charge is 0.488 e. The zero-order valence-corrected chi connectivity index (χ0v) is 18.9. The van der Waals surface area contributed by atoms with Crippen LogP contribution in [0, 0.1) is 23.7 Å². The number of hydrogen-bond acceptors (Lipinski definition) is 7. The lowest BCUT2D eigenvalue weighted by atomic mass is 9.63. The van der Waals surface area contributed by atoms with Crippen LogP contribution in [0.1, 0.15) is 44.3 Å². The molecule has 0 bridgehead atoms. The summed E-state index contributed by atoms with van der Waals surface area (Å²) >= 11 is 0. The fourth-order valence-electron chi connectivity index (χ4n) is 6.14. The second-order valence-corrected chi connectivity index (χ2v) is 9.63. The van der Waals surface area contributed by atoms with Gasteiger partial charge in [0.05, 0.1) is 23.6 Å². The first-order valence-corrected chi connectivity index (χ1v) is 11.8. The number of carbonyl (C=O) groups is 2. The highest BCUT2D eigenvalue weighted by molar-refractivity contribution is 6.58. The highest BCUT2D eigenvalue weighted by Gasteiger charge is 2.66. The molecule has 8 nitrogen and oxygen atoms in total. The van der Waals surface area contributed by atoms with Crippen molar-refractivity contribution in [2.45, 2.75) is 44.5 Å². The third-order valence-corrected chi connectivity index (χ3v) is 7.69. The minimum Gasteiger partial charge on any atom is -0.508 e. The summed E-state index contributed by atoms with van der Waals surface area (Å²) in [7, 11) is -1.72. The Morgan fingerprint density at radius 2 is 1.82 bits per heavy atom. The molecule has 2 heterocycles. The molecule has 0 spiro atoms. The van der Waals surface area contributed by atoms with Crippen molar-refractivity contribution >= 4 is 30.1 Å². The van der Waals surface area contributed by atoms with Gasteiger partial charge in [-0.25, -0.2) is 0 Å². The maximum atomic E-state index is 13.6. The summed E-state index contributed by atoms with van der Waals surface area (Å²) in [4.78, 5) is 28.3. The van der Waals surface area contributed by atoms with E-state index in [4.69, 9.17) is 4.74 Å². The van der Waals surface area contributed by atoms with E-state index in [1.165, 1.54) is 12.1 Å². The van der Waals surface area contributed by atoms with Crippen LogP contribution in [-0.2, 0) is 14.3 Å². The van der Waals surface area contributed by atoms with Crippen LogP contribution in [0.5, 0.6) is 5.75 Å². The standard InChI is InChI=1S/C25H28BNO7/c1-2-4-15-11-19-22(20-13-21(34-25(15,20)31)14-7-9-18(28)10-8-14)24(30)27(23(19)29)17-6-3-5-16(12-17)26(32)33/h3,5-10,12,15,19-22,28,31-33H,2,4,11,13H2,1H3/t15-,19-,20-,21-,22-,25+/m0/s1. The highest BCUT2D eigenvalue weighted by atomic mass is 16.6. The minimum atomic E-state index is -1.72. The number of fused-ring (bicyclic) bond motifs is 3. The highest BCUT2D eigenvalue weighted by Crippen LogP contribution is 2.59. The van der Waals surface area contributed by atoms with Gasteiger partial charge >= 0.3 is 7.12 Å². The number of carbonyl (C=O) groups excluding carboxylic acids is 2. The number of hydrogen-bond donors (Lipinski definition) is 4. The lowest BCUT2D eigenvalue weighted by molar-refractivity contribution is -0.270. The van der Waals surface area contributed by atoms with Gasteiger partial charge in [0, 0.05) is 11.8 Å². The number of phenols is 1. The Hall–Kier alpha value is -2.72. The van der Waals surface area contributed by atoms with Crippen molar-refractivity contribution in [1.29, 1.82) is 0 Å². The number of amides is 2. The number of nitrogens with zero attached hydrogens (tertiary/aromatic N) is 1. The SMILES string of the molecule is CCC[C@H]1C[C@@H]2C(=O)N(c3cccc(B(O)O)c3)C(=O)[C@@H]2[C@@H]2C[C@@H](c3ccc(O)cc3)O[C@]12O. The first-order chi connectivity index (χ1) is 16.2. The Balaban J connectivity index is 1.51. The van der Waals surface area contributed by atoms with Crippen molar-refractivity contribution in [2.24, 2.45) is 23.7 Å². The van der Waals surface area contributed by atoms with Crippen molar-refractivity contribution in [1.82, 2.24) is 0 Å². The van der Waals surface area contributed by atoms with Crippen molar-refractivity contribution in [3.05, 3.63) is 54.1 Å². The van der Waals surface area contributed by atoms with Gasteiger partial charge in [0.1, 0.15) is 5.75 Å². The maximum absolute atomic E-state index is 13.6. The van der Waals surface area contributed by atoms with E-state index in [1.807, 2.05) is 6.92 Å². The quantitative estimate of drug-likeness (QED) is 0.389. The Morgan fingerprint density at radius 3 is 2.50 bits per heavy atom. The molecule has 2 aromatic rings. The number of aromatic hydroxyl groups is 1. The van der Waals surface area contributed by atoms with Gasteiger partial charge in [0.15, 0.2) is 5.79 Å². The van der Waals surface area contributed by atoms with Gasteiger partial charge in [0.2, 0.25) is 11.8 Å². The summed E-state index contributed by atoms with van der Waals surface area (Å²) in [5.74, 6) is -4.28. The lowest BCUT2D eigenvalue weighted by Gasteiger charge is -2.44. The van der Waals surface area contributed by atoms with E-state index < -0.39 is 42.7 Å². The number of rotatable bonds is 5. The van der Waals surface area contributed by atoms with Crippen LogP contribution < -0.4 is 10.4 Å². The summed E-state index contributed by atoms with van der Waals surface area (Å²) in [5.41, 5.74) is 1.27. The van der Waals surface area contributed by atoms with Crippen molar-refractivity contribution < 1.29 is 34.6 Å². The van der Waals surface area contributed by atoms with Gasteiger partial charge in [-0.3, -0.25) is 14.5 Å². The third-order valence-electron chi connectivity index (χ3n) is 7.69. The number of ether oxygens (including phenoxy) is 1. The molecular weight excluding hydrogens is 437 g/mol. The molecule has 2 amide bonds. The van der Waals surface area contributed by atoms with E-state index in [0.717, 1.165) is 16.9 Å². The van der Waals surface area contributed by atoms with Crippen LogP contribution in [-0.4, -0.2) is 45.0 Å². The van der Waals surface area contributed by atoms with Gasteiger partial charge < -0.3 is 25.0 Å². The lowest BCUT2D eigenvalue weighted by Crippen LogP contribution is -2.53. The van der Waals surface area contributed by atoms with E-state index >= 15 is 0 Å². The van der Waals surface area contributed by atoms with E-state index in [2.05, 4.69) is 0 Å². The molecule has 178 valence electrons.